The molecule has 2 heterocycles. The maximum atomic E-state index is 5.80. The second-order valence-corrected chi connectivity index (χ2v) is 6.26. The van der Waals surface area contributed by atoms with Crippen LogP contribution in [0.5, 0.6) is 0 Å². The molecule has 1 atom stereocenters. The summed E-state index contributed by atoms with van der Waals surface area (Å²) in [6.07, 6.45) is 2.10. The summed E-state index contributed by atoms with van der Waals surface area (Å²) in [5.41, 5.74) is 0.0141. The van der Waals surface area contributed by atoms with Crippen LogP contribution in [-0.2, 0) is 16.7 Å². The lowest BCUT2D eigenvalue weighted by Crippen LogP contribution is -2.44. The van der Waals surface area contributed by atoms with E-state index in [2.05, 4.69) is 43.0 Å². The number of oxazole rings is 1. The van der Waals surface area contributed by atoms with Crippen molar-refractivity contribution >= 4 is 0 Å². The molecule has 0 spiro atoms. The molecule has 1 saturated heterocycles. The molecule has 1 aromatic rings. The Labute approximate surface area is 115 Å². The van der Waals surface area contributed by atoms with Gasteiger partial charge < -0.3 is 14.5 Å². The molecule has 2 rings (SSSR count). The molecule has 19 heavy (non-hydrogen) atoms. The topological polar surface area (TPSA) is 50.5 Å². The number of hydrogen-bond donors (Lipinski definition) is 1. The molecule has 0 amide bonds. The quantitative estimate of drug-likeness (QED) is 0.893. The maximum absolute atomic E-state index is 5.80. The summed E-state index contributed by atoms with van der Waals surface area (Å²) in [4.78, 5) is 6.54. The van der Waals surface area contributed by atoms with Gasteiger partial charge >= 0.3 is 0 Å². The first-order valence-electron chi connectivity index (χ1n) is 6.91. The van der Waals surface area contributed by atoms with E-state index in [4.69, 9.17) is 9.15 Å². The monoisotopic (exact) mass is 267 g/mol. The molecule has 1 aliphatic rings. The van der Waals surface area contributed by atoms with E-state index in [0.29, 0.717) is 0 Å². The minimum absolute atomic E-state index is 0.0141. The van der Waals surface area contributed by atoms with E-state index in [0.717, 1.165) is 44.4 Å². The van der Waals surface area contributed by atoms with E-state index >= 15 is 0 Å². The van der Waals surface area contributed by atoms with Crippen molar-refractivity contribution in [2.24, 2.45) is 0 Å². The van der Waals surface area contributed by atoms with Crippen LogP contribution in [0.3, 0.4) is 0 Å². The number of nitrogens with zero attached hydrogens (tertiary/aromatic N) is 2. The van der Waals surface area contributed by atoms with Crippen molar-refractivity contribution in [1.29, 1.82) is 0 Å². The Bertz CT molecular complexity index is 392. The summed E-state index contributed by atoms with van der Waals surface area (Å²) in [6.45, 7) is 10.7. The van der Waals surface area contributed by atoms with E-state index in [9.17, 15) is 0 Å². The molecule has 1 N–H and O–H groups in total. The lowest BCUT2D eigenvalue weighted by atomic mass is 9.94. The van der Waals surface area contributed by atoms with Crippen molar-refractivity contribution in [3.8, 4) is 0 Å². The van der Waals surface area contributed by atoms with Crippen molar-refractivity contribution < 1.29 is 9.15 Å². The summed E-state index contributed by atoms with van der Waals surface area (Å²) in [7, 11) is 2.07. The molecule has 5 heteroatoms. The highest BCUT2D eigenvalue weighted by atomic mass is 16.5. The lowest BCUT2D eigenvalue weighted by molar-refractivity contribution is 0.00764. The average Bonchev–Trinajstić information content (AvgIpc) is 2.78. The van der Waals surface area contributed by atoms with Gasteiger partial charge in [0.1, 0.15) is 5.76 Å². The molecule has 1 aromatic heterocycles. The summed E-state index contributed by atoms with van der Waals surface area (Å²) < 4.78 is 11.5. The van der Waals surface area contributed by atoms with Crippen LogP contribution in [0.25, 0.3) is 0 Å². The minimum atomic E-state index is 0.0141. The molecule has 0 aromatic carbocycles. The van der Waals surface area contributed by atoms with Crippen molar-refractivity contribution in [3.05, 3.63) is 17.8 Å². The highest BCUT2D eigenvalue weighted by molar-refractivity contribution is 5.05. The Morgan fingerprint density at radius 1 is 1.47 bits per heavy atom. The molecular formula is C14H25N3O2. The Balaban J connectivity index is 1.84. The van der Waals surface area contributed by atoms with Gasteiger partial charge in [-0.2, -0.15) is 0 Å². The third kappa shape index (κ3) is 4.30. The molecule has 1 fully saturated rings. The number of hydrogen-bond acceptors (Lipinski definition) is 5. The van der Waals surface area contributed by atoms with Crippen molar-refractivity contribution in [1.82, 2.24) is 15.2 Å². The van der Waals surface area contributed by atoms with Gasteiger partial charge in [0.2, 0.25) is 5.89 Å². The number of ether oxygens (including phenoxy) is 1. The molecule has 0 bridgehead atoms. The van der Waals surface area contributed by atoms with E-state index in [1.165, 1.54) is 0 Å². The average molecular weight is 267 g/mol. The largest absolute Gasteiger partial charge is 0.444 e. The number of aromatic nitrogens is 1. The van der Waals surface area contributed by atoms with Crippen LogP contribution >= 0.6 is 0 Å². The summed E-state index contributed by atoms with van der Waals surface area (Å²) >= 11 is 0. The van der Waals surface area contributed by atoms with E-state index in [1.54, 1.807) is 0 Å². The molecule has 5 nitrogen and oxygen atoms in total. The Hall–Kier alpha value is -0.910. The summed E-state index contributed by atoms with van der Waals surface area (Å²) in [5, 5.41) is 3.34. The lowest BCUT2D eigenvalue weighted by Gasteiger charge is -2.27. The molecule has 0 radical (unpaired) electrons. The fourth-order valence-corrected chi connectivity index (χ4v) is 2.11. The van der Waals surface area contributed by atoms with E-state index < -0.39 is 0 Å². The van der Waals surface area contributed by atoms with Crippen molar-refractivity contribution in [2.45, 2.75) is 38.8 Å². The van der Waals surface area contributed by atoms with Gasteiger partial charge in [-0.3, -0.25) is 4.90 Å². The highest BCUT2D eigenvalue weighted by Gasteiger charge is 2.20. The standard InChI is InChI=1S/C14H25N3O2/c1-14(2,3)12-8-16-13(19-12)10-17(4)9-11-7-15-5-6-18-11/h8,11,15H,5-7,9-10H2,1-4H3. The van der Waals surface area contributed by atoms with Crippen LogP contribution in [-0.4, -0.2) is 49.3 Å². The van der Waals surface area contributed by atoms with Gasteiger partial charge in [-0.15, -0.1) is 0 Å². The van der Waals surface area contributed by atoms with Gasteiger partial charge in [0.15, 0.2) is 0 Å². The van der Waals surface area contributed by atoms with Crippen LogP contribution in [0.1, 0.15) is 32.4 Å². The van der Waals surface area contributed by atoms with Crippen molar-refractivity contribution in [2.75, 3.05) is 33.3 Å². The van der Waals surface area contributed by atoms with Gasteiger partial charge in [0.25, 0.3) is 0 Å². The van der Waals surface area contributed by atoms with Crippen LogP contribution in [0, 0.1) is 0 Å². The van der Waals surface area contributed by atoms with Crippen LogP contribution < -0.4 is 5.32 Å². The number of morpholine rings is 1. The van der Waals surface area contributed by atoms with Crippen molar-refractivity contribution in [3.63, 3.8) is 0 Å². The zero-order valence-electron chi connectivity index (χ0n) is 12.4. The molecule has 1 aliphatic heterocycles. The summed E-state index contributed by atoms with van der Waals surface area (Å²) in [5.74, 6) is 1.71. The predicted octanol–water partition coefficient (Wildman–Crippen LogP) is 1.39. The Morgan fingerprint density at radius 3 is 2.84 bits per heavy atom. The van der Waals surface area contributed by atoms with Crippen LogP contribution in [0.2, 0.25) is 0 Å². The van der Waals surface area contributed by atoms with Gasteiger partial charge in [-0.1, -0.05) is 20.8 Å². The smallest absolute Gasteiger partial charge is 0.208 e. The number of nitrogens with one attached hydrogen (secondary N) is 1. The Kier molecular flexibility index (Phi) is 4.60. The fourth-order valence-electron chi connectivity index (χ4n) is 2.11. The molecule has 1 unspecified atom stereocenters. The van der Waals surface area contributed by atoms with Gasteiger partial charge in [-0.05, 0) is 7.05 Å². The first-order chi connectivity index (χ1) is 8.95. The molecular weight excluding hydrogens is 242 g/mol. The predicted molar refractivity (Wildman–Crippen MR) is 74.1 cm³/mol. The third-order valence-electron chi connectivity index (χ3n) is 3.22. The first-order valence-corrected chi connectivity index (χ1v) is 6.91. The zero-order chi connectivity index (χ0) is 13.9. The molecule has 108 valence electrons. The van der Waals surface area contributed by atoms with Gasteiger partial charge in [-0.25, -0.2) is 4.98 Å². The van der Waals surface area contributed by atoms with Crippen LogP contribution in [0.4, 0.5) is 0 Å². The molecule has 0 aliphatic carbocycles. The Morgan fingerprint density at radius 2 is 2.26 bits per heavy atom. The van der Waals surface area contributed by atoms with Crippen LogP contribution in [0.15, 0.2) is 10.6 Å². The summed E-state index contributed by atoms with van der Waals surface area (Å²) in [6, 6.07) is 0. The highest BCUT2D eigenvalue weighted by Crippen LogP contribution is 2.22. The zero-order valence-corrected chi connectivity index (χ0v) is 12.4. The van der Waals surface area contributed by atoms with Gasteiger partial charge in [0.05, 0.1) is 25.5 Å². The number of rotatable bonds is 4. The molecule has 0 saturated carbocycles. The van der Waals surface area contributed by atoms with E-state index in [-0.39, 0.29) is 11.5 Å². The van der Waals surface area contributed by atoms with Gasteiger partial charge in [0, 0.05) is 25.0 Å². The van der Waals surface area contributed by atoms with E-state index in [1.807, 2.05) is 6.20 Å². The SMILES string of the molecule is CN(Cc1ncc(C(C)(C)C)o1)CC1CNCCO1. The third-order valence-corrected chi connectivity index (χ3v) is 3.22. The first kappa shape index (κ1) is 14.5. The normalized spacial score (nSPS) is 21.0. The fraction of sp³-hybridized carbons (Fsp3) is 0.786. The minimum Gasteiger partial charge on any atom is -0.444 e. The second kappa shape index (κ2) is 6.03. The second-order valence-electron chi connectivity index (χ2n) is 6.26. The number of likely N-dealkylation sites (N-methyl/N-ethyl adjacent to an activating group) is 1. The maximum Gasteiger partial charge on any atom is 0.208 e.